The normalized spacial score (nSPS) is 20.2. The molecule has 26 heavy (non-hydrogen) atoms. The first-order valence-electron chi connectivity index (χ1n) is 9.07. The number of carbonyl (C=O) groups is 2. The smallest absolute Gasteiger partial charge is 0.308 e. The van der Waals surface area contributed by atoms with Gasteiger partial charge in [0.2, 0.25) is 0 Å². The van der Waals surface area contributed by atoms with Gasteiger partial charge in [0.15, 0.2) is 0 Å². The molecule has 2 fully saturated rings. The Labute approximate surface area is 151 Å². The molecule has 1 N–H and O–H groups in total. The van der Waals surface area contributed by atoms with Gasteiger partial charge in [0.25, 0.3) is 5.91 Å². The predicted octanol–water partition coefficient (Wildman–Crippen LogP) is 3.06. The number of aromatic nitrogens is 1. The van der Waals surface area contributed by atoms with Crippen molar-refractivity contribution in [2.24, 2.45) is 5.92 Å². The Morgan fingerprint density at radius 3 is 2.73 bits per heavy atom. The number of carboxylic acid groups (broad SMARTS) is 1. The topological polar surface area (TPSA) is 79.7 Å². The first-order valence-corrected chi connectivity index (χ1v) is 9.07. The van der Waals surface area contributed by atoms with Gasteiger partial charge in [0.1, 0.15) is 5.75 Å². The molecule has 4 rings (SSSR count). The third kappa shape index (κ3) is 3.11. The second-order valence-corrected chi connectivity index (χ2v) is 7.18. The van der Waals surface area contributed by atoms with Crippen LogP contribution in [-0.4, -0.2) is 47.1 Å². The standard InChI is InChI=1S/C20H22N2O4/c1-26-14-6-7-17-15(9-14)16(10-18(21-17)12-4-5-12)19(23)22-8-2-3-13(11-22)20(24)25/h6-7,9-10,12-13H,2-5,8,11H2,1H3,(H,24,25)/t13-/m0/s1. The Bertz CT molecular complexity index is 875. The van der Waals surface area contributed by atoms with Gasteiger partial charge in [0, 0.05) is 30.1 Å². The summed E-state index contributed by atoms with van der Waals surface area (Å²) in [5.74, 6) is -0.324. The number of amides is 1. The van der Waals surface area contributed by atoms with Crippen molar-refractivity contribution < 1.29 is 19.4 Å². The fraction of sp³-hybridized carbons (Fsp3) is 0.450. The molecule has 1 amide bonds. The Hall–Kier alpha value is -2.63. The first kappa shape index (κ1) is 16.8. The Kier molecular flexibility index (Phi) is 4.26. The number of hydrogen-bond donors (Lipinski definition) is 1. The van der Waals surface area contributed by atoms with E-state index in [-0.39, 0.29) is 12.5 Å². The van der Waals surface area contributed by atoms with Gasteiger partial charge in [-0.05, 0) is 49.9 Å². The predicted molar refractivity (Wildman–Crippen MR) is 96.5 cm³/mol. The van der Waals surface area contributed by atoms with Crippen molar-refractivity contribution in [1.29, 1.82) is 0 Å². The molecule has 1 saturated heterocycles. The average molecular weight is 354 g/mol. The summed E-state index contributed by atoms with van der Waals surface area (Å²) in [7, 11) is 1.59. The molecule has 6 nitrogen and oxygen atoms in total. The highest BCUT2D eigenvalue weighted by Crippen LogP contribution is 2.40. The molecule has 1 aliphatic heterocycles. The molecule has 1 saturated carbocycles. The lowest BCUT2D eigenvalue weighted by atomic mass is 9.96. The summed E-state index contributed by atoms with van der Waals surface area (Å²) in [6.45, 7) is 0.857. The zero-order valence-corrected chi connectivity index (χ0v) is 14.8. The molecule has 1 aliphatic carbocycles. The summed E-state index contributed by atoms with van der Waals surface area (Å²) in [5, 5.41) is 10.1. The fourth-order valence-corrected chi connectivity index (χ4v) is 3.65. The van der Waals surface area contributed by atoms with Crippen LogP contribution < -0.4 is 4.74 Å². The summed E-state index contributed by atoms with van der Waals surface area (Å²) in [6, 6.07) is 7.46. The molecule has 0 spiro atoms. The molecule has 6 heteroatoms. The maximum Gasteiger partial charge on any atom is 0.308 e. The second-order valence-electron chi connectivity index (χ2n) is 7.18. The van der Waals surface area contributed by atoms with Gasteiger partial charge >= 0.3 is 5.97 Å². The SMILES string of the molecule is COc1ccc2nc(C3CC3)cc(C(=O)N3CCC[C@H](C(=O)O)C3)c2c1. The summed E-state index contributed by atoms with van der Waals surface area (Å²) < 4.78 is 5.31. The van der Waals surface area contributed by atoms with Crippen LogP contribution in [0.4, 0.5) is 0 Å². The largest absolute Gasteiger partial charge is 0.497 e. The molecule has 2 aromatic rings. The summed E-state index contributed by atoms with van der Waals surface area (Å²) in [6.07, 6.45) is 3.54. The highest BCUT2D eigenvalue weighted by atomic mass is 16.5. The molecule has 1 atom stereocenters. The first-order chi connectivity index (χ1) is 12.6. The minimum atomic E-state index is -0.831. The molecular weight excluding hydrogens is 332 g/mol. The zero-order chi connectivity index (χ0) is 18.3. The highest BCUT2D eigenvalue weighted by molar-refractivity contribution is 6.06. The van der Waals surface area contributed by atoms with Crippen LogP contribution in [0.1, 0.15) is 47.7 Å². The Balaban J connectivity index is 1.75. The third-order valence-electron chi connectivity index (χ3n) is 5.32. The fourth-order valence-electron chi connectivity index (χ4n) is 3.65. The van der Waals surface area contributed by atoms with Gasteiger partial charge in [-0.3, -0.25) is 14.6 Å². The monoisotopic (exact) mass is 354 g/mol. The average Bonchev–Trinajstić information content (AvgIpc) is 3.51. The number of rotatable bonds is 4. The number of fused-ring (bicyclic) bond motifs is 1. The quantitative estimate of drug-likeness (QED) is 0.913. The summed E-state index contributed by atoms with van der Waals surface area (Å²) >= 11 is 0. The van der Waals surface area contributed by atoms with Gasteiger partial charge in [0.05, 0.1) is 24.1 Å². The van der Waals surface area contributed by atoms with Crippen molar-refractivity contribution in [3.8, 4) is 5.75 Å². The van der Waals surface area contributed by atoms with Crippen LogP contribution in [0.2, 0.25) is 0 Å². The van der Waals surface area contributed by atoms with E-state index in [0.717, 1.165) is 29.4 Å². The number of likely N-dealkylation sites (tertiary alicyclic amines) is 1. The number of aliphatic carboxylic acids is 1. The minimum absolute atomic E-state index is 0.112. The number of piperidine rings is 1. The van der Waals surface area contributed by atoms with E-state index in [1.807, 2.05) is 24.3 Å². The van der Waals surface area contributed by atoms with Crippen LogP contribution in [0.3, 0.4) is 0 Å². The van der Waals surface area contributed by atoms with E-state index in [2.05, 4.69) is 0 Å². The molecule has 0 radical (unpaired) electrons. The van der Waals surface area contributed by atoms with Crippen LogP contribution in [-0.2, 0) is 4.79 Å². The number of ether oxygens (including phenoxy) is 1. The van der Waals surface area contributed by atoms with Crippen molar-refractivity contribution in [3.05, 3.63) is 35.5 Å². The lowest BCUT2D eigenvalue weighted by Gasteiger charge is -2.31. The van der Waals surface area contributed by atoms with Gasteiger partial charge in [-0.2, -0.15) is 0 Å². The molecule has 1 aromatic carbocycles. The second kappa shape index (κ2) is 6.59. The zero-order valence-electron chi connectivity index (χ0n) is 14.8. The van der Waals surface area contributed by atoms with E-state index in [0.29, 0.717) is 36.6 Å². The molecule has 0 bridgehead atoms. The van der Waals surface area contributed by atoms with Gasteiger partial charge in [-0.15, -0.1) is 0 Å². The van der Waals surface area contributed by atoms with Crippen LogP contribution in [0.25, 0.3) is 10.9 Å². The minimum Gasteiger partial charge on any atom is -0.497 e. The lowest BCUT2D eigenvalue weighted by molar-refractivity contribution is -0.143. The van der Waals surface area contributed by atoms with Crippen molar-refractivity contribution in [1.82, 2.24) is 9.88 Å². The van der Waals surface area contributed by atoms with Crippen molar-refractivity contribution in [2.45, 2.75) is 31.6 Å². The van der Waals surface area contributed by atoms with E-state index in [9.17, 15) is 14.7 Å². The molecule has 136 valence electrons. The molecule has 2 heterocycles. The summed E-state index contributed by atoms with van der Waals surface area (Å²) in [4.78, 5) is 31.0. The maximum atomic E-state index is 13.2. The Morgan fingerprint density at radius 1 is 1.23 bits per heavy atom. The van der Waals surface area contributed by atoms with E-state index in [1.165, 1.54) is 0 Å². The number of benzene rings is 1. The van der Waals surface area contributed by atoms with Crippen LogP contribution in [0.15, 0.2) is 24.3 Å². The van der Waals surface area contributed by atoms with E-state index in [1.54, 1.807) is 12.0 Å². The van der Waals surface area contributed by atoms with E-state index < -0.39 is 11.9 Å². The number of nitrogens with zero attached hydrogens (tertiary/aromatic N) is 2. The van der Waals surface area contributed by atoms with Crippen molar-refractivity contribution in [3.63, 3.8) is 0 Å². The van der Waals surface area contributed by atoms with Gasteiger partial charge in [-0.1, -0.05) is 0 Å². The molecule has 0 unspecified atom stereocenters. The van der Waals surface area contributed by atoms with Crippen LogP contribution in [0.5, 0.6) is 5.75 Å². The highest BCUT2D eigenvalue weighted by Gasteiger charge is 2.31. The van der Waals surface area contributed by atoms with E-state index in [4.69, 9.17) is 9.72 Å². The Morgan fingerprint density at radius 2 is 2.04 bits per heavy atom. The molecular formula is C20H22N2O4. The number of carbonyl (C=O) groups excluding carboxylic acids is 1. The lowest BCUT2D eigenvalue weighted by Crippen LogP contribution is -2.42. The molecule has 1 aromatic heterocycles. The van der Waals surface area contributed by atoms with E-state index >= 15 is 0 Å². The number of pyridine rings is 1. The third-order valence-corrected chi connectivity index (χ3v) is 5.32. The van der Waals surface area contributed by atoms with Gasteiger partial charge < -0.3 is 14.7 Å². The number of methoxy groups -OCH3 is 1. The van der Waals surface area contributed by atoms with Crippen molar-refractivity contribution in [2.75, 3.05) is 20.2 Å². The summed E-state index contributed by atoms with van der Waals surface area (Å²) in [5.41, 5.74) is 2.34. The van der Waals surface area contributed by atoms with Crippen molar-refractivity contribution >= 4 is 22.8 Å². The van der Waals surface area contributed by atoms with Crippen LogP contribution in [0, 0.1) is 5.92 Å². The number of hydrogen-bond acceptors (Lipinski definition) is 4. The number of carboxylic acids is 1. The van der Waals surface area contributed by atoms with Crippen LogP contribution >= 0.6 is 0 Å². The van der Waals surface area contributed by atoms with Gasteiger partial charge in [-0.25, -0.2) is 0 Å². The molecule has 2 aliphatic rings. The maximum absolute atomic E-state index is 13.2.